The van der Waals surface area contributed by atoms with E-state index in [1.807, 2.05) is 44.2 Å². The Bertz CT molecular complexity index is 653. The van der Waals surface area contributed by atoms with Gasteiger partial charge in [-0.1, -0.05) is 38.1 Å². The van der Waals surface area contributed by atoms with Gasteiger partial charge in [-0.3, -0.25) is 4.79 Å². The van der Waals surface area contributed by atoms with E-state index in [2.05, 4.69) is 19.9 Å². The molecule has 6 heteroatoms. The number of carbonyl (C=O) groups is 1. The summed E-state index contributed by atoms with van der Waals surface area (Å²) in [4.78, 5) is 11.5. The lowest BCUT2D eigenvalue weighted by Crippen LogP contribution is -2.37. The van der Waals surface area contributed by atoms with Crippen LogP contribution in [-0.4, -0.2) is 36.5 Å². The Balaban J connectivity index is 2.14. The van der Waals surface area contributed by atoms with Crippen molar-refractivity contribution in [3.05, 3.63) is 42.0 Å². The second kappa shape index (κ2) is 10.4. The maximum Gasteiger partial charge on any atom is 0.224 e. The molecular formula is C22H31ClO5. The number of hydrogen-bond acceptors (Lipinski definition) is 5. The van der Waals surface area contributed by atoms with Crippen LogP contribution in [0.15, 0.2) is 36.4 Å². The molecule has 0 spiro atoms. The molecule has 0 N–H and O–H groups in total. The van der Waals surface area contributed by atoms with Crippen LogP contribution in [0.1, 0.15) is 46.1 Å². The lowest BCUT2D eigenvalue weighted by Gasteiger charge is -2.24. The molecule has 1 saturated heterocycles. The summed E-state index contributed by atoms with van der Waals surface area (Å²) in [6.45, 7) is 8.38. The van der Waals surface area contributed by atoms with Crippen LogP contribution >= 0.6 is 11.6 Å². The molecule has 156 valence electrons. The minimum atomic E-state index is -0.796. The van der Waals surface area contributed by atoms with Gasteiger partial charge < -0.3 is 18.9 Å². The van der Waals surface area contributed by atoms with Crippen LogP contribution in [0.2, 0.25) is 0 Å². The van der Waals surface area contributed by atoms with Crippen molar-refractivity contribution in [3.63, 3.8) is 0 Å². The number of carbonyl (C=O) groups excluding carboxylic acids is 1. The zero-order chi connectivity index (χ0) is 20.7. The van der Waals surface area contributed by atoms with Crippen molar-refractivity contribution < 1.29 is 23.7 Å². The molecule has 1 aromatic rings. The van der Waals surface area contributed by atoms with Crippen molar-refractivity contribution >= 4 is 16.8 Å². The summed E-state index contributed by atoms with van der Waals surface area (Å²) in [5.41, 5.74) is 1.02. The van der Waals surface area contributed by atoms with Gasteiger partial charge in [0.1, 0.15) is 18.0 Å². The zero-order valence-corrected chi connectivity index (χ0v) is 18.1. The van der Waals surface area contributed by atoms with Crippen molar-refractivity contribution in [2.45, 2.75) is 71.2 Å². The monoisotopic (exact) mass is 410 g/mol. The SMILES string of the molecule is COc1ccc(COC(/C=C\CC(C)C)[C@H]2OC(C)(C)O[C@H]2CC(=O)Cl)cc1. The summed E-state index contributed by atoms with van der Waals surface area (Å²) < 4.78 is 23.4. The highest BCUT2D eigenvalue weighted by molar-refractivity contribution is 6.63. The minimum Gasteiger partial charge on any atom is -0.497 e. The molecular weight excluding hydrogens is 380 g/mol. The molecule has 28 heavy (non-hydrogen) atoms. The highest BCUT2D eigenvalue weighted by Crippen LogP contribution is 2.34. The minimum absolute atomic E-state index is 0.0794. The van der Waals surface area contributed by atoms with Crippen molar-refractivity contribution in [2.24, 2.45) is 5.92 Å². The standard InChI is InChI=1S/C22H31ClO5/c1-15(2)7-6-8-18(26-14-16-9-11-17(25-5)12-10-16)21-19(13-20(23)24)27-22(3,4)28-21/h6,8-12,15,18-19,21H,7,13-14H2,1-5H3/b8-6-/t18?,19-,21+/m0/s1. The average Bonchev–Trinajstić information content (AvgIpc) is 2.91. The maximum atomic E-state index is 11.5. The Labute approximate surface area is 172 Å². The smallest absolute Gasteiger partial charge is 0.224 e. The van der Waals surface area contributed by atoms with E-state index in [4.69, 9.17) is 30.5 Å². The highest BCUT2D eigenvalue weighted by atomic mass is 35.5. The molecule has 0 bridgehead atoms. The number of ether oxygens (including phenoxy) is 4. The number of allylic oxidation sites excluding steroid dienone is 1. The number of rotatable bonds is 10. The molecule has 0 amide bonds. The average molecular weight is 411 g/mol. The molecule has 1 aliphatic heterocycles. The Hall–Kier alpha value is -1.40. The first-order valence-electron chi connectivity index (χ1n) is 9.65. The molecule has 1 heterocycles. The van der Waals surface area contributed by atoms with Crippen LogP contribution in [0.5, 0.6) is 5.75 Å². The highest BCUT2D eigenvalue weighted by Gasteiger charge is 2.45. The predicted molar refractivity (Wildman–Crippen MR) is 109 cm³/mol. The fourth-order valence-electron chi connectivity index (χ4n) is 3.12. The van der Waals surface area contributed by atoms with Gasteiger partial charge in [0, 0.05) is 0 Å². The van der Waals surface area contributed by atoms with Gasteiger partial charge in [0.15, 0.2) is 5.79 Å². The van der Waals surface area contributed by atoms with Gasteiger partial charge in [-0.25, -0.2) is 0 Å². The Morgan fingerprint density at radius 1 is 1.25 bits per heavy atom. The Morgan fingerprint density at radius 3 is 2.50 bits per heavy atom. The molecule has 5 nitrogen and oxygen atoms in total. The van der Waals surface area contributed by atoms with Gasteiger partial charge in [-0.2, -0.15) is 0 Å². The van der Waals surface area contributed by atoms with E-state index >= 15 is 0 Å². The van der Waals surface area contributed by atoms with Crippen molar-refractivity contribution in [1.82, 2.24) is 0 Å². The third kappa shape index (κ3) is 7.21. The molecule has 2 rings (SSSR count). The van der Waals surface area contributed by atoms with Gasteiger partial charge in [0.2, 0.25) is 5.24 Å². The second-order valence-corrected chi connectivity index (χ2v) is 8.30. The van der Waals surface area contributed by atoms with Gasteiger partial charge in [-0.15, -0.1) is 0 Å². The van der Waals surface area contributed by atoms with E-state index in [1.165, 1.54) is 0 Å². The van der Waals surface area contributed by atoms with Crippen LogP contribution in [0, 0.1) is 5.92 Å². The molecule has 1 fully saturated rings. The van der Waals surface area contributed by atoms with E-state index < -0.39 is 23.2 Å². The Kier molecular flexibility index (Phi) is 8.50. The molecule has 1 unspecified atom stereocenters. The van der Waals surface area contributed by atoms with Crippen LogP contribution < -0.4 is 4.74 Å². The largest absolute Gasteiger partial charge is 0.497 e. The summed E-state index contributed by atoms with van der Waals surface area (Å²) in [5, 5.41) is -0.448. The molecule has 0 aromatic heterocycles. The van der Waals surface area contributed by atoms with Gasteiger partial charge >= 0.3 is 0 Å². The summed E-state index contributed by atoms with van der Waals surface area (Å²) >= 11 is 5.62. The summed E-state index contributed by atoms with van der Waals surface area (Å²) in [7, 11) is 1.64. The first-order valence-corrected chi connectivity index (χ1v) is 10.0. The summed E-state index contributed by atoms with van der Waals surface area (Å²) in [6, 6.07) is 7.72. The number of benzene rings is 1. The number of hydrogen-bond donors (Lipinski definition) is 0. The topological polar surface area (TPSA) is 54.0 Å². The van der Waals surface area contributed by atoms with Crippen LogP contribution in [0.25, 0.3) is 0 Å². The zero-order valence-electron chi connectivity index (χ0n) is 17.3. The van der Waals surface area contributed by atoms with Crippen molar-refractivity contribution in [2.75, 3.05) is 7.11 Å². The molecule has 1 aromatic carbocycles. The fourth-order valence-corrected chi connectivity index (χ4v) is 3.27. The maximum absolute atomic E-state index is 11.5. The van der Waals surface area contributed by atoms with Gasteiger partial charge in [0.25, 0.3) is 0 Å². The van der Waals surface area contributed by atoms with E-state index in [0.717, 1.165) is 17.7 Å². The van der Waals surface area contributed by atoms with Crippen molar-refractivity contribution in [3.8, 4) is 5.75 Å². The van der Waals surface area contributed by atoms with Gasteiger partial charge in [-0.05, 0) is 55.5 Å². The molecule has 0 saturated carbocycles. The summed E-state index contributed by atoms with van der Waals surface area (Å²) in [5.74, 6) is 0.540. The molecule has 0 aliphatic carbocycles. The number of halogens is 1. The first kappa shape index (κ1) is 22.9. The molecule has 1 aliphatic rings. The fraction of sp³-hybridized carbons (Fsp3) is 0.591. The van der Waals surface area contributed by atoms with Crippen molar-refractivity contribution in [1.29, 1.82) is 0 Å². The lowest BCUT2D eigenvalue weighted by atomic mass is 10.0. The third-order valence-corrected chi connectivity index (χ3v) is 4.60. The second-order valence-electron chi connectivity index (χ2n) is 7.88. The predicted octanol–water partition coefficient (Wildman–Crippen LogP) is 4.86. The molecule has 3 atom stereocenters. The van der Waals surface area contributed by atoms with E-state index in [1.54, 1.807) is 7.11 Å². The van der Waals surface area contributed by atoms with Crippen LogP contribution in [0.4, 0.5) is 0 Å². The normalized spacial score (nSPS) is 22.7. The third-order valence-electron chi connectivity index (χ3n) is 4.44. The lowest BCUT2D eigenvalue weighted by molar-refractivity contribution is -0.156. The molecule has 0 radical (unpaired) electrons. The van der Waals surface area contributed by atoms with E-state index in [0.29, 0.717) is 12.5 Å². The van der Waals surface area contributed by atoms with E-state index in [-0.39, 0.29) is 12.5 Å². The van der Waals surface area contributed by atoms with Gasteiger partial charge in [0.05, 0.1) is 26.2 Å². The summed E-state index contributed by atoms with van der Waals surface area (Å²) in [6.07, 6.45) is 3.88. The Morgan fingerprint density at radius 2 is 1.93 bits per heavy atom. The quantitative estimate of drug-likeness (QED) is 0.407. The van der Waals surface area contributed by atoms with Crippen LogP contribution in [-0.2, 0) is 25.6 Å². The van der Waals surface area contributed by atoms with E-state index in [9.17, 15) is 4.79 Å². The van der Waals surface area contributed by atoms with Crippen LogP contribution in [0.3, 0.4) is 0 Å². The first-order chi connectivity index (χ1) is 13.2. The number of methoxy groups -OCH3 is 1.